The summed E-state index contributed by atoms with van der Waals surface area (Å²) >= 11 is 0. The molecule has 2 aliphatic rings. The van der Waals surface area contributed by atoms with E-state index in [0.717, 1.165) is 32.8 Å². The predicted octanol–water partition coefficient (Wildman–Crippen LogP) is 2.02. The zero-order valence-corrected chi connectivity index (χ0v) is 17.1. The normalized spacial score (nSPS) is 19.3. The topological polar surface area (TPSA) is 83.5 Å². The summed E-state index contributed by atoms with van der Waals surface area (Å²) in [4.78, 5) is 26.5. The number of esters is 2. The molecule has 1 aromatic carbocycles. The van der Waals surface area contributed by atoms with Gasteiger partial charge in [0.15, 0.2) is 11.5 Å². The minimum Gasteiger partial charge on any atom is -0.490 e. The molecule has 2 saturated heterocycles. The molecule has 29 heavy (non-hydrogen) atoms. The van der Waals surface area contributed by atoms with Crippen LogP contribution in [0.3, 0.4) is 0 Å². The first-order valence-electron chi connectivity index (χ1n) is 9.76. The highest BCUT2D eigenvalue weighted by molar-refractivity contribution is 6.18. The van der Waals surface area contributed by atoms with E-state index in [-0.39, 0.29) is 5.57 Å². The van der Waals surface area contributed by atoms with Crippen molar-refractivity contribution in [3.8, 4) is 11.5 Å². The third-order valence-corrected chi connectivity index (χ3v) is 4.46. The smallest absolute Gasteiger partial charge is 0.348 e. The summed E-state index contributed by atoms with van der Waals surface area (Å²) in [6, 6.07) is 5.24. The molecule has 0 bridgehead atoms. The van der Waals surface area contributed by atoms with Gasteiger partial charge in [0.1, 0.15) is 12.2 Å². The number of nitrogens with zero attached hydrogens (tertiary/aromatic N) is 1. The molecule has 1 aromatic rings. The Kier molecular flexibility index (Phi) is 6.76. The molecule has 0 N–H and O–H groups in total. The maximum atomic E-state index is 12.1. The van der Waals surface area contributed by atoms with Gasteiger partial charge < -0.3 is 23.7 Å². The van der Waals surface area contributed by atoms with Crippen LogP contribution in [0.1, 0.15) is 26.3 Å². The van der Waals surface area contributed by atoms with Gasteiger partial charge >= 0.3 is 11.9 Å². The van der Waals surface area contributed by atoms with Gasteiger partial charge in [-0.25, -0.2) is 9.59 Å². The Morgan fingerprint density at radius 2 is 1.76 bits per heavy atom. The molecule has 0 saturated carbocycles. The molecule has 0 aliphatic carbocycles. The molecule has 3 rings (SSSR count). The lowest BCUT2D eigenvalue weighted by Crippen LogP contribution is -2.41. The first-order valence-corrected chi connectivity index (χ1v) is 9.76. The number of carbonyl (C=O) groups is 2. The van der Waals surface area contributed by atoms with Crippen LogP contribution in [0.5, 0.6) is 11.5 Å². The molecular formula is C21H27NO7. The van der Waals surface area contributed by atoms with Crippen molar-refractivity contribution < 1.29 is 33.3 Å². The average molecular weight is 405 g/mol. The van der Waals surface area contributed by atoms with Crippen LogP contribution in [0.15, 0.2) is 23.8 Å². The Hall–Kier alpha value is -2.58. The quantitative estimate of drug-likeness (QED) is 0.387. The van der Waals surface area contributed by atoms with Crippen molar-refractivity contribution in [1.29, 1.82) is 0 Å². The van der Waals surface area contributed by atoms with E-state index in [9.17, 15) is 9.59 Å². The number of cyclic esters (lactones) is 2. The average Bonchev–Trinajstić information content (AvgIpc) is 2.66. The van der Waals surface area contributed by atoms with Gasteiger partial charge in [0.05, 0.1) is 19.8 Å². The summed E-state index contributed by atoms with van der Waals surface area (Å²) in [5, 5.41) is 0. The maximum absolute atomic E-state index is 12.1. The van der Waals surface area contributed by atoms with E-state index in [1.807, 2.05) is 6.92 Å². The van der Waals surface area contributed by atoms with E-state index in [0.29, 0.717) is 30.3 Å². The second kappa shape index (κ2) is 9.28. The minimum absolute atomic E-state index is 0.159. The van der Waals surface area contributed by atoms with Crippen molar-refractivity contribution >= 4 is 18.0 Å². The van der Waals surface area contributed by atoms with Crippen LogP contribution in [0.2, 0.25) is 0 Å². The third-order valence-electron chi connectivity index (χ3n) is 4.46. The SMILES string of the molecule is CCOc1cc(C=C2C(=O)OC(C)(C)OC2=O)ccc1OCCN1CCOCC1. The lowest BCUT2D eigenvalue weighted by molar-refractivity contribution is -0.222. The summed E-state index contributed by atoms with van der Waals surface area (Å²) < 4.78 is 27.2. The van der Waals surface area contributed by atoms with Gasteiger partial charge in [0, 0.05) is 33.5 Å². The van der Waals surface area contributed by atoms with E-state index >= 15 is 0 Å². The van der Waals surface area contributed by atoms with Crippen molar-refractivity contribution in [2.75, 3.05) is 46.1 Å². The summed E-state index contributed by atoms with van der Waals surface area (Å²) in [5.41, 5.74) is 0.449. The van der Waals surface area contributed by atoms with Crippen molar-refractivity contribution in [3.05, 3.63) is 29.3 Å². The first kappa shape index (κ1) is 21.1. The molecule has 0 atom stereocenters. The van der Waals surface area contributed by atoms with Gasteiger partial charge in [-0.05, 0) is 30.7 Å². The fourth-order valence-electron chi connectivity index (χ4n) is 3.06. The summed E-state index contributed by atoms with van der Waals surface area (Å²) in [5.74, 6) is -1.54. The summed E-state index contributed by atoms with van der Waals surface area (Å²) in [7, 11) is 0. The van der Waals surface area contributed by atoms with Gasteiger partial charge in [0.25, 0.3) is 5.79 Å². The number of rotatable bonds is 7. The van der Waals surface area contributed by atoms with Gasteiger partial charge in [-0.2, -0.15) is 0 Å². The van der Waals surface area contributed by atoms with Gasteiger partial charge in [-0.15, -0.1) is 0 Å². The second-order valence-electron chi connectivity index (χ2n) is 7.18. The fraction of sp³-hybridized carbons (Fsp3) is 0.524. The number of hydrogen-bond donors (Lipinski definition) is 0. The lowest BCUT2D eigenvalue weighted by atomic mass is 10.1. The molecule has 0 spiro atoms. The molecule has 0 amide bonds. The molecule has 2 aliphatic heterocycles. The molecule has 2 heterocycles. The van der Waals surface area contributed by atoms with Crippen LogP contribution in [-0.2, 0) is 23.8 Å². The Bertz CT molecular complexity index is 759. The monoisotopic (exact) mass is 405 g/mol. The highest BCUT2D eigenvalue weighted by Gasteiger charge is 2.38. The zero-order valence-electron chi connectivity index (χ0n) is 17.1. The van der Waals surface area contributed by atoms with Crippen LogP contribution >= 0.6 is 0 Å². The Balaban J connectivity index is 1.70. The molecule has 0 aromatic heterocycles. The van der Waals surface area contributed by atoms with Crippen LogP contribution < -0.4 is 9.47 Å². The van der Waals surface area contributed by atoms with E-state index in [4.69, 9.17) is 23.7 Å². The fourth-order valence-corrected chi connectivity index (χ4v) is 3.06. The Morgan fingerprint density at radius 3 is 2.41 bits per heavy atom. The molecule has 8 heteroatoms. The molecule has 0 unspecified atom stereocenters. The largest absolute Gasteiger partial charge is 0.490 e. The molecule has 8 nitrogen and oxygen atoms in total. The van der Waals surface area contributed by atoms with Crippen molar-refractivity contribution in [2.45, 2.75) is 26.6 Å². The number of ether oxygens (including phenoxy) is 5. The van der Waals surface area contributed by atoms with Gasteiger partial charge in [0.2, 0.25) is 0 Å². The molecule has 2 fully saturated rings. The standard InChI is InChI=1S/C21H27NO7/c1-4-26-18-14-15(13-16-19(23)28-21(2,3)29-20(16)24)5-6-17(18)27-12-9-22-7-10-25-11-8-22/h5-6,13-14H,4,7-12H2,1-3H3. The van der Waals surface area contributed by atoms with Crippen molar-refractivity contribution in [1.82, 2.24) is 4.90 Å². The van der Waals surface area contributed by atoms with Crippen LogP contribution in [0.4, 0.5) is 0 Å². The maximum Gasteiger partial charge on any atom is 0.348 e. The van der Waals surface area contributed by atoms with Gasteiger partial charge in [-0.1, -0.05) is 6.07 Å². The summed E-state index contributed by atoms with van der Waals surface area (Å²) in [6.45, 7) is 9.96. The Labute approximate surface area is 170 Å². The van der Waals surface area contributed by atoms with E-state index in [2.05, 4.69) is 4.90 Å². The van der Waals surface area contributed by atoms with E-state index in [1.165, 1.54) is 19.9 Å². The first-order chi connectivity index (χ1) is 13.9. The predicted molar refractivity (Wildman–Crippen MR) is 105 cm³/mol. The summed E-state index contributed by atoms with van der Waals surface area (Å²) in [6.07, 6.45) is 1.43. The van der Waals surface area contributed by atoms with E-state index < -0.39 is 17.7 Å². The number of carbonyl (C=O) groups excluding carboxylic acids is 2. The lowest BCUT2D eigenvalue weighted by Gasteiger charge is -2.29. The zero-order chi connectivity index (χ0) is 20.9. The second-order valence-corrected chi connectivity index (χ2v) is 7.18. The molecular weight excluding hydrogens is 378 g/mol. The van der Waals surface area contributed by atoms with Crippen LogP contribution in [0, 0.1) is 0 Å². The van der Waals surface area contributed by atoms with Crippen molar-refractivity contribution in [3.63, 3.8) is 0 Å². The number of benzene rings is 1. The third kappa shape index (κ3) is 5.71. The van der Waals surface area contributed by atoms with E-state index in [1.54, 1.807) is 18.2 Å². The van der Waals surface area contributed by atoms with Crippen LogP contribution in [0.25, 0.3) is 6.08 Å². The van der Waals surface area contributed by atoms with Crippen LogP contribution in [-0.4, -0.2) is 68.7 Å². The highest BCUT2D eigenvalue weighted by Crippen LogP contribution is 2.31. The van der Waals surface area contributed by atoms with Gasteiger partial charge in [-0.3, -0.25) is 4.90 Å². The molecule has 158 valence electrons. The highest BCUT2D eigenvalue weighted by atomic mass is 16.7. The van der Waals surface area contributed by atoms with Crippen molar-refractivity contribution in [2.24, 2.45) is 0 Å². The minimum atomic E-state index is -1.26. The number of hydrogen-bond acceptors (Lipinski definition) is 8. The molecule has 0 radical (unpaired) electrons. The Morgan fingerprint density at radius 1 is 1.07 bits per heavy atom. The number of morpholine rings is 1.